The van der Waals surface area contributed by atoms with Crippen LogP contribution in [0.4, 0.5) is 0 Å². The molecule has 1 atom stereocenters. The second-order valence-electron chi connectivity index (χ2n) is 1.67. The van der Waals surface area contributed by atoms with Crippen LogP contribution in [0.5, 0.6) is 0 Å². The maximum absolute atomic E-state index is 10.2. The molecule has 3 nitrogen and oxygen atoms in total. The van der Waals surface area contributed by atoms with E-state index in [0.29, 0.717) is 0 Å². The SMILES string of the molecule is CC(=O)C(C)C(=O)O.[Zr]. The zero-order valence-electron chi connectivity index (χ0n) is 5.34. The van der Waals surface area contributed by atoms with Gasteiger partial charge in [0.25, 0.3) is 0 Å². The number of rotatable bonds is 2. The Hall–Kier alpha value is 0.0231. The predicted molar refractivity (Wildman–Crippen MR) is 27.5 cm³/mol. The molecule has 0 aliphatic carbocycles. The Morgan fingerprint density at radius 3 is 1.78 bits per heavy atom. The van der Waals surface area contributed by atoms with Crippen LogP contribution < -0.4 is 0 Å². The summed E-state index contributed by atoms with van der Waals surface area (Å²) >= 11 is 0. The van der Waals surface area contributed by atoms with Crippen molar-refractivity contribution >= 4 is 11.8 Å². The van der Waals surface area contributed by atoms with Crippen LogP contribution in [0.2, 0.25) is 0 Å². The number of carboxylic acid groups (broad SMARTS) is 1. The van der Waals surface area contributed by atoms with Gasteiger partial charge in [-0.15, -0.1) is 0 Å². The number of Topliss-reactive ketones (excluding diaryl/α,β-unsaturated/α-hetero) is 1. The fourth-order valence-corrected chi connectivity index (χ4v) is 0.174. The molecule has 1 unspecified atom stereocenters. The number of hydrogen-bond acceptors (Lipinski definition) is 2. The van der Waals surface area contributed by atoms with E-state index in [1.807, 2.05) is 0 Å². The van der Waals surface area contributed by atoms with Crippen molar-refractivity contribution in [3.8, 4) is 0 Å². The first-order valence-electron chi connectivity index (χ1n) is 2.29. The topological polar surface area (TPSA) is 54.4 Å². The molecule has 0 saturated carbocycles. The van der Waals surface area contributed by atoms with Crippen molar-refractivity contribution in [2.75, 3.05) is 0 Å². The van der Waals surface area contributed by atoms with Crippen LogP contribution in [0.1, 0.15) is 13.8 Å². The van der Waals surface area contributed by atoms with E-state index < -0.39 is 11.9 Å². The number of hydrogen-bond donors (Lipinski definition) is 1. The van der Waals surface area contributed by atoms with Gasteiger partial charge in [0.05, 0.1) is 0 Å². The molecule has 0 heterocycles. The van der Waals surface area contributed by atoms with E-state index in [1.54, 1.807) is 0 Å². The summed E-state index contributed by atoms with van der Waals surface area (Å²) in [5.74, 6) is -2.22. The van der Waals surface area contributed by atoms with Gasteiger partial charge in [0.1, 0.15) is 11.7 Å². The van der Waals surface area contributed by atoms with Crippen molar-refractivity contribution in [3.63, 3.8) is 0 Å². The second-order valence-corrected chi connectivity index (χ2v) is 1.67. The van der Waals surface area contributed by atoms with E-state index in [-0.39, 0.29) is 32.0 Å². The summed E-state index contributed by atoms with van der Waals surface area (Å²) in [6, 6.07) is 0. The van der Waals surface area contributed by atoms with Crippen molar-refractivity contribution < 1.29 is 40.9 Å². The Kier molecular flexibility index (Phi) is 6.36. The van der Waals surface area contributed by atoms with Crippen LogP contribution in [-0.2, 0) is 35.8 Å². The van der Waals surface area contributed by atoms with Gasteiger partial charge >= 0.3 is 5.97 Å². The van der Waals surface area contributed by atoms with Gasteiger partial charge in [0, 0.05) is 26.2 Å². The Bertz CT molecular complexity index is 107. The van der Waals surface area contributed by atoms with Crippen molar-refractivity contribution in [2.45, 2.75) is 13.8 Å². The predicted octanol–water partition coefficient (Wildman–Crippen LogP) is 0.294. The molecule has 0 aromatic rings. The summed E-state index contributed by atoms with van der Waals surface area (Å²) in [7, 11) is 0. The van der Waals surface area contributed by atoms with Crippen molar-refractivity contribution in [1.29, 1.82) is 0 Å². The monoisotopic (exact) mass is 206 g/mol. The first-order valence-corrected chi connectivity index (χ1v) is 2.29. The minimum absolute atomic E-state index is 0. The third-order valence-electron chi connectivity index (χ3n) is 0.980. The van der Waals surface area contributed by atoms with Crippen LogP contribution >= 0.6 is 0 Å². The summed E-state index contributed by atoms with van der Waals surface area (Å²) in [4.78, 5) is 20.1. The van der Waals surface area contributed by atoms with Gasteiger partial charge in [-0.2, -0.15) is 0 Å². The first-order chi connectivity index (χ1) is 3.55. The molecular formula is C5H8O3Zr. The first kappa shape index (κ1) is 11.8. The van der Waals surface area contributed by atoms with Crippen LogP contribution in [0.3, 0.4) is 0 Å². The molecular weight excluding hydrogens is 199 g/mol. The third kappa shape index (κ3) is 4.52. The summed E-state index contributed by atoms with van der Waals surface area (Å²) < 4.78 is 0. The zero-order chi connectivity index (χ0) is 6.73. The van der Waals surface area contributed by atoms with E-state index in [4.69, 9.17) is 5.11 Å². The number of ketones is 1. The van der Waals surface area contributed by atoms with Crippen LogP contribution in [0.25, 0.3) is 0 Å². The molecule has 9 heavy (non-hydrogen) atoms. The molecule has 0 rings (SSSR count). The Labute approximate surface area is 72.6 Å². The normalized spacial score (nSPS) is 11.3. The van der Waals surface area contributed by atoms with Gasteiger partial charge in [-0.25, -0.2) is 0 Å². The standard InChI is InChI=1S/C5H8O3.Zr/c1-3(4(2)6)5(7)8;/h3H,1-2H3,(H,7,8);. The Balaban J connectivity index is 0. The fraction of sp³-hybridized carbons (Fsp3) is 0.600. The van der Waals surface area contributed by atoms with Crippen molar-refractivity contribution in [1.82, 2.24) is 0 Å². The number of carbonyl (C=O) groups is 2. The van der Waals surface area contributed by atoms with E-state index >= 15 is 0 Å². The second kappa shape index (κ2) is 4.86. The minimum atomic E-state index is -1.06. The number of carbonyl (C=O) groups excluding carboxylic acids is 1. The molecule has 0 bridgehead atoms. The quantitative estimate of drug-likeness (QED) is 0.662. The van der Waals surface area contributed by atoms with Gasteiger partial charge in [-0.1, -0.05) is 0 Å². The average molecular weight is 207 g/mol. The molecule has 0 aliphatic rings. The molecule has 0 spiro atoms. The van der Waals surface area contributed by atoms with Gasteiger partial charge in [-0.05, 0) is 13.8 Å². The number of carboxylic acids is 1. The molecule has 0 aromatic carbocycles. The maximum atomic E-state index is 10.2. The summed E-state index contributed by atoms with van der Waals surface area (Å²) in [5.41, 5.74) is 0. The fourth-order valence-electron chi connectivity index (χ4n) is 0.174. The van der Waals surface area contributed by atoms with Crippen LogP contribution in [0, 0.1) is 5.92 Å². The van der Waals surface area contributed by atoms with Crippen molar-refractivity contribution in [2.24, 2.45) is 5.92 Å². The molecule has 0 aromatic heterocycles. The molecule has 0 amide bonds. The molecule has 50 valence electrons. The molecule has 0 fully saturated rings. The Morgan fingerprint density at radius 1 is 1.44 bits per heavy atom. The van der Waals surface area contributed by atoms with E-state index in [0.717, 1.165) is 0 Å². The molecule has 0 aliphatic heterocycles. The van der Waals surface area contributed by atoms with Gasteiger partial charge in [-0.3, -0.25) is 9.59 Å². The van der Waals surface area contributed by atoms with Crippen LogP contribution in [-0.4, -0.2) is 16.9 Å². The zero-order valence-corrected chi connectivity index (χ0v) is 7.80. The average Bonchev–Trinajstić information content (AvgIpc) is 1.64. The Morgan fingerprint density at radius 2 is 1.78 bits per heavy atom. The molecule has 4 heteroatoms. The van der Waals surface area contributed by atoms with Gasteiger partial charge in [0.2, 0.25) is 0 Å². The van der Waals surface area contributed by atoms with E-state index in [9.17, 15) is 9.59 Å². The smallest absolute Gasteiger partial charge is 0.313 e. The van der Waals surface area contributed by atoms with Gasteiger partial charge in [0.15, 0.2) is 0 Å². The molecule has 0 radical (unpaired) electrons. The van der Waals surface area contributed by atoms with Crippen LogP contribution in [0.15, 0.2) is 0 Å². The molecule has 1 N–H and O–H groups in total. The largest absolute Gasteiger partial charge is 0.481 e. The van der Waals surface area contributed by atoms with Gasteiger partial charge < -0.3 is 5.11 Å². The summed E-state index contributed by atoms with van der Waals surface area (Å²) in [6.07, 6.45) is 0. The summed E-state index contributed by atoms with van der Waals surface area (Å²) in [5, 5.41) is 8.13. The third-order valence-corrected chi connectivity index (χ3v) is 0.980. The van der Waals surface area contributed by atoms with E-state index in [1.165, 1.54) is 13.8 Å². The maximum Gasteiger partial charge on any atom is 0.313 e. The summed E-state index contributed by atoms with van der Waals surface area (Å²) in [6.45, 7) is 2.63. The molecule has 0 saturated heterocycles. The van der Waals surface area contributed by atoms with E-state index in [2.05, 4.69) is 0 Å². The van der Waals surface area contributed by atoms with Crippen molar-refractivity contribution in [3.05, 3.63) is 0 Å². The number of aliphatic carboxylic acids is 1. The minimum Gasteiger partial charge on any atom is -0.481 e.